The van der Waals surface area contributed by atoms with E-state index in [0.29, 0.717) is 30.0 Å². The van der Waals surface area contributed by atoms with Gasteiger partial charge in [0, 0.05) is 51.9 Å². The molecule has 2 heterocycles. The number of hydrogen-bond acceptors (Lipinski definition) is 4. The molecule has 47 heavy (non-hydrogen) atoms. The van der Waals surface area contributed by atoms with Crippen molar-refractivity contribution in [3.63, 3.8) is 0 Å². The summed E-state index contributed by atoms with van der Waals surface area (Å²) in [5, 5.41) is 17.4. The Kier molecular flexibility index (Phi) is 7.88. The van der Waals surface area contributed by atoms with E-state index < -0.39 is 11.5 Å². The van der Waals surface area contributed by atoms with E-state index in [-0.39, 0.29) is 17.4 Å². The third-order valence-electron chi connectivity index (χ3n) is 10.0. The van der Waals surface area contributed by atoms with Gasteiger partial charge in [-0.2, -0.15) is 0 Å². The van der Waals surface area contributed by atoms with Crippen molar-refractivity contribution in [2.24, 2.45) is 7.05 Å². The zero-order valence-corrected chi connectivity index (χ0v) is 26.7. The highest BCUT2D eigenvalue weighted by molar-refractivity contribution is 6.07. The second-order valence-corrected chi connectivity index (χ2v) is 13.0. The lowest BCUT2D eigenvalue weighted by Gasteiger charge is -2.40. The number of aromatic nitrogens is 2. The molecule has 0 unspecified atom stereocenters. The molecule has 0 bridgehead atoms. The summed E-state index contributed by atoms with van der Waals surface area (Å²) in [5.41, 5.74) is 6.60. The van der Waals surface area contributed by atoms with E-state index in [4.69, 9.17) is 10.1 Å². The summed E-state index contributed by atoms with van der Waals surface area (Å²) in [6.07, 6.45) is 10.1. The Morgan fingerprint density at radius 3 is 2.40 bits per heavy atom. The van der Waals surface area contributed by atoms with Gasteiger partial charge in [0.1, 0.15) is 5.54 Å². The Labute approximate surface area is 273 Å². The number of amides is 2. The molecular weight excluding hydrogens is 588 g/mol. The molecule has 2 aliphatic rings. The summed E-state index contributed by atoms with van der Waals surface area (Å²) in [5.74, 6) is -1.06. The molecule has 0 spiro atoms. The number of carboxylic acid groups (broad SMARTS) is 1. The highest BCUT2D eigenvalue weighted by Crippen LogP contribution is 2.46. The molecule has 2 saturated carbocycles. The fourth-order valence-electron chi connectivity index (χ4n) is 7.31. The van der Waals surface area contributed by atoms with Gasteiger partial charge in [0.15, 0.2) is 0 Å². The first-order chi connectivity index (χ1) is 22.7. The molecule has 3 aromatic carbocycles. The summed E-state index contributed by atoms with van der Waals surface area (Å²) in [6, 6.07) is 23.3. The number of nitrogens with zero attached hydrogens (tertiary/aromatic N) is 2. The number of hydrogen-bond donors (Lipinski definition) is 3. The van der Waals surface area contributed by atoms with Crippen molar-refractivity contribution in [1.82, 2.24) is 14.9 Å². The molecule has 7 rings (SSSR count). The first-order valence-corrected chi connectivity index (χ1v) is 16.4. The van der Waals surface area contributed by atoms with Gasteiger partial charge in [-0.15, -0.1) is 0 Å². The Balaban J connectivity index is 1.18. The minimum atomic E-state index is -0.993. The molecule has 3 N–H and O–H groups in total. The summed E-state index contributed by atoms with van der Waals surface area (Å²) >= 11 is 0. The number of aliphatic carboxylic acids is 1. The zero-order valence-electron chi connectivity index (χ0n) is 26.7. The monoisotopic (exact) mass is 626 g/mol. The molecule has 0 atom stereocenters. The van der Waals surface area contributed by atoms with Gasteiger partial charge >= 0.3 is 5.97 Å². The van der Waals surface area contributed by atoms with Crippen molar-refractivity contribution in [2.45, 2.75) is 63.3 Å². The Morgan fingerprint density at radius 2 is 1.70 bits per heavy atom. The molecule has 0 saturated heterocycles. The van der Waals surface area contributed by atoms with Crippen LogP contribution in [-0.2, 0) is 16.6 Å². The number of pyridine rings is 1. The maximum Gasteiger partial charge on any atom is 0.331 e. The van der Waals surface area contributed by atoms with E-state index in [2.05, 4.69) is 52.6 Å². The fraction of sp³-hybridized carbons (Fsp3) is 0.282. The summed E-state index contributed by atoms with van der Waals surface area (Å²) in [4.78, 5) is 43.2. The van der Waals surface area contributed by atoms with Gasteiger partial charge in [0.25, 0.3) is 5.91 Å². The van der Waals surface area contributed by atoms with Crippen molar-refractivity contribution >= 4 is 51.4 Å². The zero-order chi connectivity index (χ0) is 32.7. The van der Waals surface area contributed by atoms with Gasteiger partial charge in [-0.25, -0.2) is 4.79 Å². The Bertz CT molecular complexity index is 2060. The van der Waals surface area contributed by atoms with E-state index in [9.17, 15) is 14.4 Å². The molecule has 2 aliphatic carbocycles. The average molecular weight is 627 g/mol. The molecule has 2 amide bonds. The predicted molar refractivity (Wildman–Crippen MR) is 185 cm³/mol. The van der Waals surface area contributed by atoms with Crippen LogP contribution in [0.4, 0.5) is 5.69 Å². The van der Waals surface area contributed by atoms with Crippen LogP contribution in [0.25, 0.3) is 39.1 Å². The van der Waals surface area contributed by atoms with Gasteiger partial charge in [-0.3, -0.25) is 14.6 Å². The van der Waals surface area contributed by atoms with Gasteiger partial charge < -0.3 is 20.3 Å². The molecule has 0 radical (unpaired) electrons. The van der Waals surface area contributed by atoms with E-state index >= 15 is 0 Å². The maximum absolute atomic E-state index is 13.8. The molecule has 5 aromatic rings. The van der Waals surface area contributed by atoms with Crippen molar-refractivity contribution in [3.05, 3.63) is 101 Å². The normalized spacial score (nSPS) is 16.3. The molecular formula is C39H38N4O4. The third-order valence-corrected chi connectivity index (χ3v) is 10.0. The summed E-state index contributed by atoms with van der Waals surface area (Å²) in [7, 11) is 2.07. The van der Waals surface area contributed by atoms with E-state index in [0.717, 1.165) is 57.9 Å². The number of para-hydroxylation sites is 1. The second kappa shape index (κ2) is 12.2. The lowest BCUT2D eigenvalue weighted by atomic mass is 9.75. The minimum Gasteiger partial charge on any atom is -0.478 e. The quantitative estimate of drug-likeness (QED) is 0.152. The first kappa shape index (κ1) is 30.4. The van der Waals surface area contributed by atoms with Crippen molar-refractivity contribution in [3.8, 4) is 11.3 Å². The molecule has 238 valence electrons. The smallest absolute Gasteiger partial charge is 0.331 e. The lowest BCUT2D eigenvalue weighted by molar-refractivity contribution is -0.132. The molecule has 2 aromatic heterocycles. The number of rotatable bonds is 8. The number of carboxylic acids is 1. The van der Waals surface area contributed by atoms with E-state index in [1.54, 1.807) is 30.3 Å². The predicted octanol–water partition coefficient (Wildman–Crippen LogP) is 7.83. The van der Waals surface area contributed by atoms with Crippen LogP contribution in [0.1, 0.15) is 79.3 Å². The van der Waals surface area contributed by atoms with Crippen LogP contribution >= 0.6 is 0 Å². The third kappa shape index (κ3) is 5.58. The standard InChI is InChI=1S/C39H38N4O4/c1-24(37(45)46)22-25-13-16-29(17-14-25)41-38(47)39(19-7-20-39)42-36(44)28-15-18-30-32(23-28)43(2)35(33(30)26-8-3-4-9-26)31-12-5-10-27-11-6-21-40-34(27)31/h5-6,10-18,21-23,26H,3-4,7-9,19-20H2,1-2H3,(H,41,47)(H,42,44)(H,45,46)/b24-22+. The number of benzene rings is 3. The number of carbonyl (C=O) groups excluding carboxylic acids is 2. The summed E-state index contributed by atoms with van der Waals surface area (Å²) < 4.78 is 2.21. The second-order valence-electron chi connectivity index (χ2n) is 13.0. The van der Waals surface area contributed by atoms with Crippen LogP contribution in [0, 0.1) is 0 Å². The summed E-state index contributed by atoms with van der Waals surface area (Å²) in [6.45, 7) is 1.53. The SMILES string of the molecule is C/C(=C\c1ccc(NC(=O)C2(NC(=O)c3ccc4c(C5CCCC5)c(-c5cccc6cccnc56)n(C)c4c3)CCC2)cc1)C(=O)O. The molecule has 0 aliphatic heterocycles. The molecule has 8 heteroatoms. The van der Waals surface area contributed by atoms with Crippen molar-refractivity contribution in [1.29, 1.82) is 0 Å². The van der Waals surface area contributed by atoms with Crippen LogP contribution in [-0.4, -0.2) is 38.0 Å². The van der Waals surface area contributed by atoms with Crippen LogP contribution < -0.4 is 10.6 Å². The van der Waals surface area contributed by atoms with Gasteiger partial charge in [0.05, 0.1) is 11.2 Å². The van der Waals surface area contributed by atoms with Gasteiger partial charge in [-0.1, -0.05) is 55.3 Å². The Hall–Kier alpha value is -5.24. The van der Waals surface area contributed by atoms with Crippen LogP contribution in [0.5, 0.6) is 0 Å². The van der Waals surface area contributed by atoms with Gasteiger partial charge in [-0.05, 0) is 92.5 Å². The Morgan fingerprint density at radius 1 is 0.957 bits per heavy atom. The average Bonchev–Trinajstić information content (AvgIpc) is 3.69. The van der Waals surface area contributed by atoms with E-state index in [1.165, 1.54) is 25.3 Å². The highest BCUT2D eigenvalue weighted by Gasteiger charge is 2.45. The fourth-order valence-corrected chi connectivity index (χ4v) is 7.31. The maximum atomic E-state index is 13.8. The van der Waals surface area contributed by atoms with E-state index in [1.807, 2.05) is 24.4 Å². The van der Waals surface area contributed by atoms with Crippen LogP contribution in [0.2, 0.25) is 0 Å². The van der Waals surface area contributed by atoms with Crippen molar-refractivity contribution < 1.29 is 19.5 Å². The minimum absolute atomic E-state index is 0.225. The molecule has 2 fully saturated rings. The molecule has 8 nitrogen and oxygen atoms in total. The highest BCUT2D eigenvalue weighted by atomic mass is 16.4. The number of fused-ring (bicyclic) bond motifs is 2. The largest absolute Gasteiger partial charge is 0.478 e. The van der Waals surface area contributed by atoms with Crippen molar-refractivity contribution in [2.75, 3.05) is 5.32 Å². The number of aryl methyl sites for hydroxylation is 1. The van der Waals surface area contributed by atoms with Crippen LogP contribution in [0.15, 0.2) is 84.6 Å². The van der Waals surface area contributed by atoms with Gasteiger partial charge in [0.2, 0.25) is 5.91 Å². The topological polar surface area (TPSA) is 113 Å². The number of anilines is 1. The lowest BCUT2D eigenvalue weighted by Crippen LogP contribution is -2.61. The number of carbonyl (C=O) groups is 3. The first-order valence-electron chi connectivity index (χ1n) is 16.4. The number of nitrogens with one attached hydrogen (secondary N) is 2. The van der Waals surface area contributed by atoms with Crippen LogP contribution in [0.3, 0.4) is 0 Å².